The number of nitrogens with one attached hydrogen (secondary N) is 1. The fraction of sp³-hybridized carbons (Fsp3) is 0.455. The van der Waals surface area contributed by atoms with Crippen LogP contribution >= 0.6 is 11.3 Å². The van der Waals surface area contributed by atoms with Crippen LogP contribution in [-0.2, 0) is 4.79 Å². The van der Waals surface area contributed by atoms with E-state index in [1.165, 1.54) is 4.90 Å². The van der Waals surface area contributed by atoms with Gasteiger partial charge in [0.05, 0.1) is 11.1 Å². The summed E-state index contributed by atoms with van der Waals surface area (Å²) in [6, 6.07) is 7.25. The summed E-state index contributed by atoms with van der Waals surface area (Å²) in [5.74, 6) is -0.369. The molecule has 3 heterocycles. The minimum atomic E-state index is -0.213. The van der Waals surface area contributed by atoms with Gasteiger partial charge < -0.3 is 10.2 Å². The largest absolute Gasteiger partial charge is 0.354 e. The average molecular weight is 427 g/mol. The summed E-state index contributed by atoms with van der Waals surface area (Å²) in [6.45, 7) is 2.04. The number of benzene rings is 1. The molecule has 1 fully saturated rings. The molecule has 158 valence electrons. The monoisotopic (exact) mass is 426 g/mol. The van der Waals surface area contributed by atoms with E-state index in [0.717, 1.165) is 37.4 Å². The Morgan fingerprint density at radius 3 is 2.60 bits per heavy atom. The van der Waals surface area contributed by atoms with Gasteiger partial charge in [0.2, 0.25) is 5.91 Å². The van der Waals surface area contributed by atoms with Crippen LogP contribution in [0.4, 0.5) is 5.13 Å². The van der Waals surface area contributed by atoms with Crippen LogP contribution in [0.25, 0.3) is 0 Å². The molecule has 7 nitrogen and oxygen atoms in total. The standard InChI is InChI=1S/C22H26N4O3S/c27-19(24-15-16-7-6-13-25(16)22-23-11-14-30-22)10-2-1-5-12-26-20(28)17-8-3-4-9-18(17)21(26)29/h3-4,8-9,11,14,16H,1-2,5-7,10,12-13,15H2,(H,24,27). The highest BCUT2D eigenvalue weighted by Gasteiger charge is 2.34. The summed E-state index contributed by atoms with van der Waals surface area (Å²) in [7, 11) is 0. The van der Waals surface area contributed by atoms with Gasteiger partial charge in [0, 0.05) is 43.7 Å². The summed E-state index contributed by atoms with van der Waals surface area (Å²) in [6.07, 6.45) is 6.73. The smallest absolute Gasteiger partial charge is 0.261 e. The molecule has 2 aromatic rings. The number of hydrogen-bond acceptors (Lipinski definition) is 6. The molecule has 3 amide bonds. The van der Waals surface area contributed by atoms with Gasteiger partial charge in [-0.3, -0.25) is 19.3 Å². The predicted molar refractivity (Wildman–Crippen MR) is 116 cm³/mol. The molecule has 4 rings (SSSR count). The van der Waals surface area contributed by atoms with Gasteiger partial charge in [-0.1, -0.05) is 18.6 Å². The normalized spacial score (nSPS) is 18.2. The van der Waals surface area contributed by atoms with E-state index in [1.807, 2.05) is 11.6 Å². The van der Waals surface area contributed by atoms with E-state index >= 15 is 0 Å². The molecular formula is C22H26N4O3S. The van der Waals surface area contributed by atoms with E-state index in [4.69, 9.17) is 0 Å². The summed E-state index contributed by atoms with van der Waals surface area (Å²) in [4.78, 5) is 44.9. The van der Waals surface area contributed by atoms with Crippen LogP contribution in [0.1, 0.15) is 59.2 Å². The number of carbonyl (C=O) groups excluding carboxylic acids is 3. The maximum atomic E-state index is 12.3. The number of nitrogens with zero attached hydrogens (tertiary/aromatic N) is 3. The third-order valence-electron chi connectivity index (χ3n) is 5.74. The van der Waals surface area contributed by atoms with Crippen molar-refractivity contribution in [3.8, 4) is 0 Å². The van der Waals surface area contributed by atoms with Crippen LogP contribution < -0.4 is 10.2 Å². The molecule has 2 aliphatic rings. The van der Waals surface area contributed by atoms with E-state index in [0.29, 0.717) is 43.1 Å². The van der Waals surface area contributed by atoms with Crippen LogP contribution in [0, 0.1) is 0 Å². The number of thiazole rings is 1. The van der Waals surface area contributed by atoms with Crippen molar-refractivity contribution in [2.24, 2.45) is 0 Å². The minimum absolute atomic E-state index is 0.0571. The fourth-order valence-corrected chi connectivity index (χ4v) is 4.89. The number of aromatic nitrogens is 1. The fourth-order valence-electron chi connectivity index (χ4n) is 4.15. The molecule has 1 aromatic heterocycles. The molecule has 0 bridgehead atoms. The van der Waals surface area contributed by atoms with Gasteiger partial charge in [-0.25, -0.2) is 4.98 Å². The Morgan fingerprint density at radius 2 is 1.90 bits per heavy atom. The lowest BCUT2D eigenvalue weighted by Gasteiger charge is -2.24. The number of rotatable bonds is 9. The molecule has 1 unspecified atom stereocenters. The van der Waals surface area contributed by atoms with Gasteiger partial charge in [0.15, 0.2) is 5.13 Å². The minimum Gasteiger partial charge on any atom is -0.354 e. The van der Waals surface area contributed by atoms with Crippen LogP contribution in [0.2, 0.25) is 0 Å². The molecule has 1 aromatic carbocycles. The lowest BCUT2D eigenvalue weighted by Crippen LogP contribution is -2.40. The second kappa shape index (κ2) is 9.38. The number of imide groups is 1. The third kappa shape index (κ3) is 4.38. The summed E-state index contributed by atoms with van der Waals surface area (Å²) < 4.78 is 0. The van der Waals surface area contributed by atoms with Crippen molar-refractivity contribution >= 4 is 34.2 Å². The first-order chi connectivity index (χ1) is 14.6. The van der Waals surface area contributed by atoms with Gasteiger partial charge >= 0.3 is 0 Å². The number of hydrogen-bond donors (Lipinski definition) is 1. The SMILES string of the molecule is O=C(CCCCCN1C(=O)c2ccccc2C1=O)NCC1CCCN1c1nccs1. The van der Waals surface area contributed by atoms with Crippen LogP contribution in [0.15, 0.2) is 35.8 Å². The maximum Gasteiger partial charge on any atom is 0.261 e. The number of fused-ring (bicyclic) bond motifs is 1. The van der Waals surface area contributed by atoms with Crippen LogP contribution in [0.3, 0.4) is 0 Å². The second-order valence-corrected chi connectivity index (χ2v) is 8.60. The van der Waals surface area contributed by atoms with Crippen molar-refractivity contribution in [1.29, 1.82) is 0 Å². The van der Waals surface area contributed by atoms with Crippen molar-refractivity contribution in [2.75, 3.05) is 24.5 Å². The molecule has 0 saturated carbocycles. The van der Waals surface area contributed by atoms with Crippen molar-refractivity contribution in [2.45, 2.75) is 44.6 Å². The van der Waals surface area contributed by atoms with Crippen molar-refractivity contribution in [3.63, 3.8) is 0 Å². The van der Waals surface area contributed by atoms with E-state index in [9.17, 15) is 14.4 Å². The first-order valence-electron chi connectivity index (χ1n) is 10.5. The van der Waals surface area contributed by atoms with Crippen molar-refractivity contribution in [1.82, 2.24) is 15.2 Å². The van der Waals surface area contributed by atoms with Crippen LogP contribution in [-0.4, -0.2) is 53.3 Å². The van der Waals surface area contributed by atoms with Gasteiger partial charge in [0.25, 0.3) is 11.8 Å². The highest BCUT2D eigenvalue weighted by atomic mass is 32.1. The van der Waals surface area contributed by atoms with E-state index < -0.39 is 0 Å². The summed E-state index contributed by atoms with van der Waals surface area (Å²) in [5.41, 5.74) is 0.973. The molecule has 1 saturated heterocycles. The molecule has 0 spiro atoms. The van der Waals surface area contributed by atoms with E-state index in [2.05, 4.69) is 15.2 Å². The van der Waals surface area contributed by atoms with E-state index in [-0.39, 0.29) is 17.7 Å². The van der Waals surface area contributed by atoms with Crippen LogP contribution in [0.5, 0.6) is 0 Å². The topological polar surface area (TPSA) is 82.6 Å². The Bertz CT molecular complexity index is 880. The molecule has 30 heavy (non-hydrogen) atoms. The Balaban J connectivity index is 1.13. The Morgan fingerprint density at radius 1 is 1.13 bits per heavy atom. The lowest BCUT2D eigenvalue weighted by atomic mass is 10.1. The summed E-state index contributed by atoms with van der Waals surface area (Å²) >= 11 is 1.63. The quantitative estimate of drug-likeness (QED) is 0.492. The zero-order valence-electron chi connectivity index (χ0n) is 16.9. The van der Waals surface area contributed by atoms with Gasteiger partial charge in [-0.15, -0.1) is 11.3 Å². The van der Waals surface area contributed by atoms with Gasteiger partial charge in [0.1, 0.15) is 0 Å². The Labute approximate surface area is 180 Å². The third-order valence-corrected chi connectivity index (χ3v) is 6.55. The number of carbonyl (C=O) groups is 3. The van der Waals surface area contributed by atoms with E-state index in [1.54, 1.807) is 35.6 Å². The summed E-state index contributed by atoms with van der Waals surface area (Å²) in [5, 5.41) is 6.06. The zero-order chi connectivity index (χ0) is 20.9. The lowest BCUT2D eigenvalue weighted by molar-refractivity contribution is -0.121. The molecular weight excluding hydrogens is 400 g/mol. The van der Waals surface area contributed by atoms with Gasteiger partial charge in [-0.05, 0) is 37.8 Å². The molecule has 0 aliphatic carbocycles. The highest BCUT2D eigenvalue weighted by Crippen LogP contribution is 2.27. The molecule has 0 radical (unpaired) electrons. The van der Waals surface area contributed by atoms with Crippen molar-refractivity contribution in [3.05, 3.63) is 47.0 Å². The Kier molecular flexibility index (Phi) is 6.42. The van der Waals surface area contributed by atoms with Crippen molar-refractivity contribution < 1.29 is 14.4 Å². The molecule has 8 heteroatoms. The molecule has 1 atom stereocenters. The highest BCUT2D eigenvalue weighted by molar-refractivity contribution is 7.13. The first kappa shape index (κ1) is 20.5. The van der Waals surface area contributed by atoms with Gasteiger partial charge in [-0.2, -0.15) is 0 Å². The predicted octanol–water partition coefficient (Wildman–Crippen LogP) is 3.08. The average Bonchev–Trinajstić information content (AvgIpc) is 3.49. The number of anilines is 1. The first-order valence-corrected chi connectivity index (χ1v) is 11.4. The maximum absolute atomic E-state index is 12.3. The Hall–Kier alpha value is -2.74. The molecule has 1 N–H and O–H groups in total. The number of amides is 3. The zero-order valence-corrected chi connectivity index (χ0v) is 17.7. The second-order valence-electron chi connectivity index (χ2n) is 7.73. The molecule has 2 aliphatic heterocycles. The number of unbranched alkanes of at least 4 members (excludes halogenated alkanes) is 2.